The van der Waals surface area contributed by atoms with Crippen molar-refractivity contribution >= 4 is 46.4 Å². The van der Waals surface area contributed by atoms with Gasteiger partial charge in [0.25, 0.3) is 0 Å². The van der Waals surface area contributed by atoms with Gasteiger partial charge in [0, 0.05) is 36.4 Å². The zero-order valence-corrected chi connectivity index (χ0v) is 23.3. The zero-order chi connectivity index (χ0) is 31.2. The smallest absolute Gasteiger partial charge is 0.326 e. The first-order valence-corrected chi connectivity index (χ1v) is 13.6. The molecule has 42 heavy (non-hydrogen) atoms. The van der Waals surface area contributed by atoms with E-state index >= 15 is 0 Å². The third-order valence-corrected chi connectivity index (χ3v) is 6.64. The van der Waals surface area contributed by atoms with E-state index in [2.05, 4.69) is 20.9 Å². The van der Waals surface area contributed by atoms with Crippen molar-refractivity contribution in [3.8, 4) is 0 Å². The molecule has 5 amide bonds. The van der Waals surface area contributed by atoms with Gasteiger partial charge in [0.2, 0.25) is 29.5 Å². The summed E-state index contributed by atoms with van der Waals surface area (Å²) in [5, 5.41) is 17.8. The number of para-hydroxylation sites is 1. The topological polar surface area (TPSA) is 279 Å². The molecule has 0 aliphatic carbocycles. The largest absolute Gasteiger partial charge is 0.480 e. The molecule has 0 fully saturated rings. The van der Waals surface area contributed by atoms with Crippen LogP contribution in [0.15, 0.2) is 30.5 Å². The van der Waals surface area contributed by atoms with Gasteiger partial charge in [-0.25, -0.2) is 4.79 Å². The van der Waals surface area contributed by atoms with Gasteiger partial charge in [0.05, 0.1) is 6.04 Å². The minimum absolute atomic E-state index is 0.0567. The van der Waals surface area contributed by atoms with Gasteiger partial charge < -0.3 is 49.0 Å². The van der Waals surface area contributed by atoms with E-state index in [9.17, 15) is 33.9 Å². The second-order valence-electron chi connectivity index (χ2n) is 9.99. The van der Waals surface area contributed by atoms with Gasteiger partial charge >= 0.3 is 5.97 Å². The van der Waals surface area contributed by atoms with Crippen LogP contribution in [0, 0.1) is 0 Å². The Kier molecular flexibility index (Phi) is 13.4. The number of aliphatic carboxylic acids is 1. The Morgan fingerprint density at radius 1 is 0.786 bits per heavy atom. The average molecular weight is 589 g/mol. The van der Waals surface area contributed by atoms with Crippen molar-refractivity contribution in [2.45, 2.75) is 75.5 Å². The summed E-state index contributed by atoms with van der Waals surface area (Å²) in [6.45, 7) is 0.434. The number of carbonyl (C=O) groups excluding carboxylic acids is 5. The molecule has 2 aromatic rings. The monoisotopic (exact) mass is 588 g/mol. The van der Waals surface area contributed by atoms with Crippen LogP contribution in [0.2, 0.25) is 0 Å². The molecule has 1 aromatic heterocycles. The molecule has 2 rings (SSSR count). The number of amides is 5. The average Bonchev–Trinajstić information content (AvgIpc) is 3.34. The number of carboxylic acids is 1. The summed E-state index contributed by atoms with van der Waals surface area (Å²) in [4.78, 5) is 77.0. The van der Waals surface area contributed by atoms with E-state index in [0.29, 0.717) is 31.4 Å². The molecule has 15 nitrogen and oxygen atoms in total. The SMILES string of the molecule is NCCCCC(N)C(=O)NC(CCC(N)=O)C(=O)NC(Cc1c[nH]c2ccccc12)C(=O)NC(CCC(N)=O)C(=O)O. The number of aromatic nitrogens is 1. The zero-order valence-electron chi connectivity index (χ0n) is 23.3. The third kappa shape index (κ3) is 10.8. The lowest BCUT2D eigenvalue weighted by atomic mass is 10.0. The highest BCUT2D eigenvalue weighted by molar-refractivity contribution is 5.95. The predicted octanol–water partition coefficient (Wildman–Crippen LogP) is -1.76. The number of rotatable bonds is 19. The number of carboxylic acid groups (broad SMARTS) is 1. The van der Waals surface area contributed by atoms with Crippen molar-refractivity contribution in [2.75, 3.05) is 6.54 Å². The summed E-state index contributed by atoms with van der Waals surface area (Å²) < 4.78 is 0. The number of aromatic amines is 1. The highest BCUT2D eigenvalue weighted by Crippen LogP contribution is 2.19. The molecule has 1 aromatic carbocycles. The number of primary amides is 2. The third-order valence-electron chi connectivity index (χ3n) is 6.64. The Balaban J connectivity index is 2.30. The second-order valence-corrected chi connectivity index (χ2v) is 9.99. The molecular formula is C27H40N8O7. The maximum Gasteiger partial charge on any atom is 0.326 e. The van der Waals surface area contributed by atoms with Crippen molar-refractivity contribution in [2.24, 2.45) is 22.9 Å². The summed E-state index contributed by atoms with van der Waals surface area (Å²) in [6.07, 6.45) is 2.22. The molecule has 230 valence electrons. The molecule has 0 bridgehead atoms. The normalized spacial score (nSPS) is 13.9. The lowest BCUT2D eigenvalue weighted by Gasteiger charge is -2.25. The van der Waals surface area contributed by atoms with E-state index in [-0.39, 0.29) is 32.1 Å². The van der Waals surface area contributed by atoms with Crippen LogP contribution in [0.5, 0.6) is 0 Å². The molecule has 13 N–H and O–H groups in total. The minimum atomic E-state index is -1.45. The van der Waals surface area contributed by atoms with E-state index in [0.717, 1.165) is 10.9 Å². The van der Waals surface area contributed by atoms with Crippen molar-refractivity contribution in [1.29, 1.82) is 0 Å². The van der Waals surface area contributed by atoms with Gasteiger partial charge in [0.15, 0.2) is 0 Å². The fraction of sp³-hybridized carbons (Fsp3) is 0.481. The van der Waals surface area contributed by atoms with E-state index in [1.807, 2.05) is 18.2 Å². The summed E-state index contributed by atoms with van der Waals surface area (Å²) in [7, 11) is 0. The molecule has 0 spiro atoms. The Morgan fingerprint density at radius 2 is 1.36 bits per heavy atom. The molecule has 0 saturated heterocycles. The number of nitrogens with two attached hydrogens (primary N) is 4. The lowest BCUT2D eigenvalue weighted by Crippen LogP contribution is -2.57. The Hall–Kier alpha value is -4.50. The molecule has 0 aliphatic rings. The number of hydrogen-bond donors (Lipinski definition) is 9. The van der Waals surface area contributed by atoms with Crippen LogP contribution in [0.1, 0.15) is 50.5 Å². The van der Waals surface area contributed by atoms with Crippen LogP contribution >= 0.6 is 0 Å². The van der Waals surface area contributed by atoms with Crippen LogP contribution in [0.3, 0.4) is 0 Å². The molecule has 1 heterocycles. The van der Waals surface area contributed by atoms with Gasteiger partial charge in [-0.05, 0) is 43.9 Å². The van der Waals surface area contributed by atoms with Crippen molar-refractivity contribution in [1.82, 2.24) is 20.9 Å². The lowest BCUT2D eigenvalue weighted by molar-refractivity contribution is -0.142. The van der Waals surface area contributed by atoms with Crippen LogP contribution in [-0.2, 0) is 35.2 Å². The molecule has 0 radical (unpaired) electrons. The number of fused-ring (bicyclic) bond motifs is 1. The summed E-state index contributed by atoms with van der Waals surface area (Å²) in [5.74, 6) is -5.12. The van der Waals surface area contributed by atoms with Gasteiger partial charge in [-0.3, -0.25) is 24.0 Å². The number of unbranched alkanes of at least 4 members (excludes halogenated alkanes) is 1. The highest BCUT2D eigenvalue weighted by Gasteiger charge is 2.31. The van der Waals surface area contributed by atoms with Gasteiger partial charge in [0.1, 0.15) is 18.1 Å². The summed E-state index contributed by atoms with van der Waals surface area (Å²) in [6, 6.07) is 2.28. The molecule has 4 atom stereocenters. The van der Waals surface area contributed by atoms with Crippen LogP contribution in [0.4, 0.5) is 0 Å². The van der Waals surface area contributed by atoms with E-state index < -0.39 is 59.7 Å². The molecule has 0 aliphatic heterocycles. The number of H-pyrrole nitrogens is 1. The standard InChI is InChI=1S/C27H40N8O7/c28-12-4-3-6-17(29)24(38)33-19(8-10-22(30)36)25(39)35-21(13-15-14-32-18-7-2-1-5-16(15)18)26(40)34-20(27(41)42)9-11-23(31)37/h1-2,5,7,14,17,19-21,32H,3-4,6,8-13,28-29H2,(H2,30,36)(H2,31,37)(H,33,38)(H,34,40)(H,35,39)(H,41,42). The minimum Gasteiger partial charge on any atom is -0.480 e. The van der Waals surface area contributed by atoms with Gasteiger partial charge in [-0.1, -0.05) is 24.6 Å². The number of nitrogens with one attached hydrogen (secondary N) is 4. The van der Waals surface area contributed by atoms with Crippen LogP contribution < -0.4 is 38.9 Å². The van der Waals surface area contributed by atoms with Crippen molar-refractivity contribution in [3.05, 3.63) is 36.0 Å². The van der Waals surface area contributed by atoms with Crippen LogP contribution in [0.25, 0.3) is 10.9 Å². The maximum atomic E-state index is 13.4. The number of carbonyl (C=O) groups is 6. The fourth-order valence-electron chi connectivity index (χ4n) is 4.29. The highest BCUT2D eigenvalue weighted by atomic mass is 16.4. The summed E-state index contributed by atoms with van der Waals surface area (Å²) in [5.41, 5.74) is 23.3. The Morgan fingerprint density at radius 3 is 1.98 bits per heavy atom. The fourth-order valence-corrected chi connectivity index (χ4v) is 4.29. The maximum absolute atomic E-state index is 13.4. The Bertz CT molecular complexity index is 1260. The van der Waals surface area contributed by atoms with E-state index in [1.165, 1.54) is 0 Å². The van der Waals surface area contributed by atoms with Crippen LogP contribution in [-0.4, -0.2) is 76.3 Å². The first-order valence-electron chi connectivity index (χ1n) is 13.6. The first kappa shape index (κ1) is 33.7. The molecule has 0 saturated carbocycles. The Labute approximate surface area is 242 Å². The second kappa shape index (κ2) is 16.7. The predicted molar refractivity (Wildman–Crippen MR) is 153 cm³/mol. The quantitative estimate of drug-likeness (QED) is 0.0839. The molecular weight excluding hydrogens is 548 g/mol. The number of benzene rings is 1. The molecule has 4 unspecified atom stereocenters. The van der Waals surface area contributed by atoms with Gasteiger partial charge in [-0.15, -0.1) is 0 Å². The van der Waals surface area contributed by atoms with E-state index in [4.69, 9.17) is 22.9 Å². The molecule has 15 heteroatoms. The first-order chi connectivity index (χ1) is 19.9. The van der Waals surface area contributed by atoms with Crippen molar-refractivity contribution < 1.29 is 33.9 Å². The van der Waals surface area contributed by atoms with Gasteiger partial charge in [-0.2, -0.15) is 0 Å². The van der Waals surface area contributed by atoms with Crippen molar-refractivity contribution in [3.63, 3.8) is 0 Å². The van der Waals surface area contributed by atoms with E-state index in [1.54, 1.807) is 12.3 Å². The summed E-state index contributed by atoms with van der Waals surface area (Å²) >= 11 is 0. The number of hydrogen-bond acceptors (Lipinski definition) is 8.